The molecule has 0 amide bonds. The van der Waals surface area contributed by atoms with Gasteiger partial charge in [-0.3, -0.25) is 4.79 Å². The van der Waals surface area contributed by atoms with E-state index < -0.39 is 0 Å². The van der Waals surface area contributed by atoms with Crippen LogP contribution in [0.4, 0.5) is 0 Å². The van der Waals surface area contributed by atoms with Crippen molar-refractivity contribution in [3.05, 3.63) is 36.5 Å². The Morgan fingerprint density at radius 2 is 1.47 bits per heavy atom. The molecule has 0 radical (unpaired) electrons. The van der Waals surface area contributed by atoms with Crippen molar-refractivity contribution in [3.8, 4) is 0 Å². The minimum Gasteiger partial charge on any atom is -0.469 e. The second-order valence-electron chi connectivity index (χ2n) is 4.50. The summed E-state index contributed by atoms with van der Waals surface area (Å²) in [5.41, 5.74) is 0. The van der Waals surface area contributed by atoms with Crippen molar-refractivity contribution in [3.63, 3.8) is 0 Å². The SMILES string of the molecule is CCC/C=C\C/C=C\C/C=C\CCCCC(=O)OC. The number of carbonyl (C=O) groups excluding carboxylic acids is 1. The Hall–Kier alpha value is -1.31. The van der Waals surface area contributed by atoms with Crippen LogP contribution in [-0.2, 0) is 9.53 Å². The van der Waals surface area contributed by atoms with E-state index in [0.29, 0.717) is 6.42 Å². The van der Waals surface area contributed by atoms with Crippen LogP contribution in [-0.4, -0.2) is 13.1 Å². The summed E-state index contributed by atoms with van der Waals surface area (Å²) in [7, 11) is 1.44. The summed E-state index contributed by atoms with van der Waals surface area (Å²) in [6, 6.07) is 0. The van der Waals surface area contributed by atoms with Gasteiger partial charge in [-0.1, -0.05) is 49.8 Å². The molecule has 0 aliphatic carbocycles. The topological polar surface area (TPSA) is 26.3 Å². The van der Waals surface area contributed by atoms with Gasteiger partial charge in [0, 0.05) is 6.42 Å². The van der Waals surface area contributed by atoms with E-state index in [1.54, 1.807) is 0 Å². The molecule has 0 unspecified atom stereocenters. The van der Waals surface area contributed by atoms with Crippen molar-refractivity contribution in [1.29, 1.82) is 0 Å². The minimum absolute atomic E-state index is 0.108. The summed E-state index contributed by atoms with van der Waals surface area (Å²) in [5.74, 6) is -0.108. The molecular formula is C17H28O2. The molecule has 108 valence electrons. The zero-order chi connectivity index (χ0) is 14.2. The van der Waals surface area contributed by atoms with Gasteiger partial charge in [-0.05, 0) is 38.5 Å². The van der Waals surface area contributed by atoms with Crippen molar-refractivity contribution in [1.82, 2.24) is 0 Å². The lowest BCUT2D eigenvalue weighted by atomic mass is 10.2. The van der Waals surface area contributed by atoms with E-state index in [-0.39, 0.29) is 5.97 Å². The van der Waals surface area contributed by atoms with Gasteiger partial charge in [0.05, 0.1) is 7.11 Å². The average Bonchev–Trinajstić information content (AvgIpc) is 2.43. The number of allylic oxidation sites excluding steroid dienone is 6. The van der Waals surface area contributed by atoms with Gasteiger partial charge in [-0.2, -0.15) is 0 Å². The van der Waals surface area contributed by atoms with Gasteiger partial charge in [0.25, 0.3) is 0 Å². The van der Waals surface area contributed by atoms with Crippen molar-refractivity contribution in [2.75, 3.05) is 7.11 Å². The fourth-order valence-electron chi connectivity index (χ4n) is 1.58. The average molecular weight is 264 g/mol. The van der Waals surface area contributed by atoms with Crippen molar-refractivity contribution in [2.24, 2.45) is 0 Å². The molecule has 0 aliphatic heterocycles. The molecule has 0 fully saturated rings. The smallest absolute Gasteiger partial charge is 0.305 e. The van der Waals surface area contributed by atoms with E-state index in [0.717, 1.165) is 32.1 Å². The number of methoxy groups -OCH3 is 1. The Balaban J connectivity index is 3.34. The standard InChI is InChI=1S/C17H28O2/c1-3-4-5-6-7-8-9-10-11-12-13-14-15-16-17(18)19-2/h5-6,8-9,11-12H,3-4,7,10,13-16H2,1-2H3/b6-5-,9-8-,12-11-. The molecule has 0 aromatic rings. The molecule has 0 atom stereocenters. The monoisotopic (exact) mass is 264 g/mol. The molecule has 0 heterocycles. The summed E-state index contributed by atoms with van der Waals surface area (Å²) in [6.45, 7) is 2.19. The molecule has 2 nitrogen and oxygen atoms in total. The third kappa shape index (κ3) is 14.6. The predicted molar refractivity (Wildman–Crippen MR) is 82.0 cm³/mol. The number of unbranched alkanes of at least 4 members (excludes halogenated alkanes) is 3. The van der Waals surface area contributed by atoms with E-state index in [9.17, 15) is 4.79 Å². The molecule has 0 bridgehead atoms. The van der Waals surface area contributed by atoms with Gasteiger partial charge in [0.15, 0.2) is 0 Å². The second kappa shape index (κ2) is 14.7. The van der Waals surface area contributed by atoms with E-state index >= 15 is 0 Å². The lowest BCUT2D eigenvalue weighted by molar-refractivity contribution is -0.140. The number of carbonyl (C=O) groups is 1. The van der Waals surface area contributed by atoms with Crippen molar-refractivity contribution < 1.29 is 9.53 Å². The van der Waals surface area contributed by atoms with Gasteiger partial charge < -0.3 is 4.74 Å². The van der Waals surface area contributed by atoms with Crippen LogP contribution in [0.25, 0.3) is 0 Å². The molecule has 2 heteroatoms. The molecule has 0 aromatic heterocycles. The second-order valence-corrected chi connectivity index (χ2v) is 4.50. The number of hydrogen-bond acceptors (Lipinski definition) is 2. The molecule has 0 aromatic carbocycles. The van der Waals surface area contributed by atoms with Crippen LogP contribution in [0.5, 0.6) is 0 Å². The number of ether oxygens (including phenoxy) is 1. The highest BCUT2D eigenvalue weighted by molar-refractivity contribution is 5.68. The highest BCUT2D eigenvalue weighted by Crippen LogP contribution is 2.02. The summed E-state index contributed by atoms with van der Waals surface area (Å²) in [4.78, 5) is 10.9. The zero-order valence-corrected chi connectivity index (χ0v) is 12.4. The summed E-state index contributed by atoms with van der Waals surface area (Å²) >= 11 is 0. The molecule has 0 saturated heterocycles. The van der Waals surface area contributed by atoms with Gasteiger partial charge in [0.2, 0.25) is 0 Å². The molecule has 0 N–H and O–H groups in total. The number of esters is 1. The van der Waals surface area contributed by atoms with Crippen LogP contribution in [0.2, 0.25) is 0 Å². The third-order valence-corrected chi connectivity index (χ3v) is 2.73. The van der Waals surface area contributed by atoms with Crippen LogP contribution in [0.1, 0.15) is 58.3 Å². The minimum atomic E-state index is -0.108. The van der Waals surface area contributed by atoms with Gasteiger partial charge >= 0.3 is 5.97 Å². The first-order chi connectivity index (χ1) is 9.31. The molecule has 0 aliphatic rings. The molecule has 0 saturated carbocycles. The maximum atomic E-state index is 10.9. The molecule has 0 rings (SSSR count). The molecular weight excluding hydrogens is 236 g/mol. The lowest BCUT2D eigenvalue weighted by Gasteiger charge is -1.96. The Bertz CT molecular complexity index is 288. The summed E-state index contributed by atoms with van der Waals surface area (Å²) in [6.07, 6.45) is 21.2. The molecule has 0 spiro atoms. The maximum absolute atomic E-state index is 10.9. The normalized spacial score (nSPS) is 11.9. The highest BCUT2D eigenvalue weighted by Gasteiger charge is 1.97. The van der Waals surface area contributed by atoms with Crippen LogP contribution < -0.4 is 0 Å². The van der Waals surface area contributed by atoms with Crippen LogP contribution in [0.3, 0.4) is 0 Å². The Labute approximate surface area is 118 Å². The first-order valence-electron chi connectivity index (χ1n) is 7.33. The van der Waals surface area contributed by atoms with E-state index in [2.05, 4.69) is 48.1 Å². The summed E-state index contributed by atoms with van der Waals surface area (Å²) in [5, 5.41) is 0. The molecule has 19 heavy (non-hydrogen) atoms. The van der Waals surface area contributed by atoms with E-state index in [4.69, 9.17) is 0 Å². The zero-order valence-electron chi connectivity index (χ0n) is 12.4. The number of hydrogen-bond donors (Lipinski definition) is 0. The first kappa shape index (κ1) is 17.7. The van der Waals surface area contributed by atoms with Gasteiger partial charge in [-0.25, -0.2) is 0 Å². The predicted octanol–water partition coefficient (Wildman–Crippen LogP) is 4.97. The van der Waals surface area contributed by atoms with Crippen LogP contribution in [0.15, 0.2) is 36.5 Å². The fourth-order valence-corrected chi connectivity index (χ4v) is 1.58. The van der Waals surface area contributed by atoms with E-state index in [1.165, 1.54) is 20.0 Å². The Morgan fingerprint density at radius 1 is 0.895 bits per heavy atom. The quantitative estimate of drug-likeness (QED) is 0.299. The van der Waals surface area contributed by atoms with Gasteiger partial charge in [-0.15, -0.1) is 0 Å². The van der Waals surface area contributed by atoms with Crippen LogP contribution in [0, 0.1) is 0 Å². The van der Waals surface area contributed by atoms with Gasteiger partial charge in [0.1, 0.15) is 0 Å². The van der Waals surface area contributed by atoms with Crippen molar-refractivity contribution in [2.45, 2.75) is 58.3 Å². The van der Waals surface area contributed by atoms with E-state index in [1.807, 2.05) is 0 Å². The third-order valence-electron chi connectivity index (χ3n) is 2.73. The maximum Gasteiger partial charge on any atom is 0.305 e. The lowest BCUT2D eigenvalue weighted by Crippen LogP contribution is -1.98. The largest absolute Gasteiger partial charge is 0.469 e. The van der Waals surface area contributed by atoms with Crippen LogP contribution >= 0.6 is 0 Å². The Morgan fingerprint density at radius 3 is 2.05 bits per heavy atom. The van der Waals surface area contributed by atoms with Crippen molar-refractivity contribution >= 4 is 5.97 Å². The number of rotatable bonds is 11. The Kier molecular flexibility index (Phi) is 13.7. The summed E-state index contributed by atoms with van der Waals surface area (Å²) < 4.78 is 4.59. The first-order valence-corrected chi connectivity index (χ1v) is 7.33. The highest BCUT2D eigenvalue weighted by atomic mass is 16.5. The fraction of sp³-hybridized carbons (Fsp3) is 0.588.